The van der Waals surface area contributed by atoms with Gasteiger partial charge < -0.3 is 9.47 Å². The number of alkyl halides is 1. The van der Waals surface area contributed by atoms with E-state index in [1.807, 2.05) is 18.2 Å². The molecule has 1 aliphatic rings. The lowest BCUT2D eigenvalue weighted by Crippen LogP contribution is -2.39. The Morgan fingerprint density at radius 3 is 2.65 bits per heavy atom. The number of rotatable bonds is 5. The van der Waals surface area contributed by atoms with Crippen LogP contribution in [0.4, 0.5) is 0 Å². The van der Waals surface area contributed by atoms with Crippen LogP contribution in [-0.4, -0.2) is 38.3 Å². The van der Waals surface area contributed by atoms with Gasteiger partial charge in [-0.2, -0.15) is 0 Å². The van der Waals surface area contributed by atoms with Crippen molar-refractivity contribution in [1.29, 1.82) is 0 Å². The maximum atomic E-state index is 6.59. The smallest absolute Gasteiger partial charge is 0.161 e. The highest BCUT2D eigenvalue weighted by Gasteiger charge is 2.22. The molecule has 3 nitrogen and oxygen atoms in total. The molecule has 0 N–H and O–H groups in total. The Morgan fingerprint density at radius 1 is 1.25 bits per heavy atom. The van der Waals surface area contributed by atoms with E-state index in [9.17, 15) is 0 Å². The average Bonchev–Trinajstić information content (AvgIpc) is 2.48. The summed E-state index contributed by atoms with van der Waals surface area (Å²) < 4.78 is 10.6. The molecule has 0 spiro atoms. The largest absolute Gasteiger partial charge is 0.493 e. The fourth-order valence-electron chi connectivity index (χ4n) is 2.79. The number of halogens is 1. The van der Waals surface area contributed by atoms with Crippen molar-refractivity contribution in [2.75, 3.05) is 27.3 Å². The first-order chi connectivity index (χ1) is 9.65. The van der Waals surface area contributed by atoms with Gasteiger partial charge in [0.1, 0.15) is 0 Å². The van der Waals surface area contributed by atoms with E-state index in [2.05, 4.69) is 11.8 Å². The van der Waals surface area contributed by atoms with Crippen molar-refractivity contribution in [3.05, 3.63) is 23.8 Å². The third-order valence-corrected chi connectivity index (χ3v) is 4.49. The van der Waals surface area contributed by atoms with Crippen molar-refractivity contribution in [3.8, 4) is 11.5 Å². The topological polar surface area (TPSA) is 21.7 Å². The Labute approximate surface area is 126 Å². The molecule has 1 saturated heterocycles. The maximum Gasteiger partial charge on any atom is 0.161 e. The molecule has 0 aliphatic carbocycles. The zero-order valence-corrected chi connectivity index (χ0v) is 13.3. The van der Waals surface area contributed by atoms with Gasteiger partial charge in [0.15, 0.2) is 11.5 Å². The summed E-state index contributed by atoms with van der Waals surface area (Å²) in [7, 11) is 3.29. The average molecular weight is 298 g/mol. The molecule has 1 aromatic carbocycles. The van der Waals surface area contributed by atoms with Crippen molar-refractivity contribution >= 4 is 11.6 Å². The summed E-state index contributed by atoms with van der Waals surface area (Å²) in [6, 6.07) is 6.55. The molecule has 1 heterocycles. The van der Waals surface area contributed by atoms with Crippen LogP contribution in [-0.2, 0) is 0 Å². The van der Waals surface area contributed by atoms with Crippen molar-refractivity contribution in [1.82, 2.24) is 4.90 Å². The molecule has 0 aromatic heterocycles. The van der Waals surface area contributed by atoms with Crippen molar-refractivity contribution in [3.63, 3.8) is 0 Å². The van der Waals surface area contributed by atoms with Crippen LogP contribution >= 0.6 is 11.6 Å². The van der Waals surface area contributed by atoms with Crippen molar-refractivity contribution < 1.29 is 9.47 Å². The Hall–Kier alpha value is -0.930. The standard InChI is InChI=1S/C16H24ClNO2/c1-12-6-4-5-9-18(12)11-14(17)13-7-8-15(19-2)16(10-13)20-3/h7-8,10,12,14H,4-6,9,11H2,1-3H3. The lowest BCUT2D eigenvalue weighted by Gasteiger charge is -2.34. The van der Waals surface area contributed by atoms with Gasteiger partial charge in [0.25, 0.3) is 0 Å². The van der Waals surface area contributed by atoms with Gasteiger partial charge in [-0.05, 0) is 44.0 Å². The molecule has 20 heavy (non-hydrogen) atoms. The highest BCUT2D eigenvalue weighted by molar-refractivity contribution is 6.21. The molecule has 4 heteroatoms. The first kappa shape index (κ1) is 15.5. The van der Waals surface area contributed by atoms with Gasteiger partial charge in [-0.3, -0.25) is 4.90 Å². The fourth-order valence-corrected chi connectivity index (χ4v) is 3.10. The SMILES string of the molecule is COc1ccc(C(Cl)CN2CCCCC2C)cc1OC. The van der Waals surface area contributed by atoms with Crippen LogP contribution in [0.25, 0.3) is 0 Å². The van der Waals surface area contributed by atoms with Crippen LogP contribution < -0.4 is 9.47 Å². The fraction of sp³-hybridized carbons (Fsp3) is 0.625. The first-order valence-electron chi connectivity index (χ1n) is 7.25. The molecule has 1 aliphatic heterocycles. The molecular weight excluding hydrogens is 274 g/mol. The van der Waals surface area contributed by atoms with E-state index < -0.39 is 0 Å². The van der Waals surface area contributed by atoms with E-state index in [4.69, 9.17) is 21.1 Å². The predicted molar refractivity (Wildman–Crippen MR) is 83.0 cm³/mol. The molecule has 112 valence electrons. The lowest BCUT2D eigenvalue weighted by atomic mass is 10.0. The van der Waals surface area contributed by atoms with E-state index in [1.165, 1.54) is 19.3 Å². The summed E-state index contributed by atoms with van der Waals surface area (Å²) in [5.41, 5.74) is 1.09. The number of likely N-dealkylation sites (tertiary alicyclic amines) is 1. The van der Waals surface area contributed by atoms with Gasteiger partial charge in [-0.25, -0.2) is 0 Å². The van der Waals surface area contributed by atoms with Gasteiger partial charge in [0.2, 0.25) is 0 Å². The number of ether oxygens (including phenoxy) is 2. The summed E-state index contributed by atoms with van der Waals surface area (Å²) in [6.45, 7) is 4.33. The number of benzene rings is 1. The van der Waals surface area contributed by atoms with Crippen LogP contribution in [0, 0.1) is 0 Å². The van der Waals surface area contributed by atoms with Crippen LogP contribution in [0.5, 0.6) is 11.5 Å². The monoisotopic (exact) mass is 297 g/mol. The Kier molecular flexibility index (Phi) is 5.55. The molecule has 0 radical (unpaired) electrons. The normalized spacial score (nSPS) is 21.5. The van der Waals surface area contributed by atoms with Gasteiger partial charge in [0, 0.05) is 12.6 Å². The number of nitrogens with zero attached hydrogens (tertiary/aromatic N) is 1. The van der Waals surface area contributed by atoms with E-state index in [-0.39, 0.29) is 5.38 Å². The van der Waals surface area contributed by atoms with Crippen LogP contribution in [0.2, 0.25) is 0 Å². The third kappa shape index (κ3) is 3.58. The Bertz CT molecular complexity index is 438. The number of piperidine rings is 1. The Morgan fingerprint density at radius 2 is 2.00 bits per heavy atom. The second-order valence-electron chi connectivity index (χ2n) is 5.42. The number of hydrogen-bond donors (Lipinski definition) is 0. The van der Waals surface area contributed by atoms with Crippen molar-refractivity contribution in [2.24, 2.45) is 0 Å². The summed E-state index contributed by atoms with van der Waals surface area (Å²) in [6.07, 6.45) is 3.89. The van der Waals surface area contributed by atoms with Gasteiger partial charge in [-0.15, -0.1) is 11.6 Å². The predicted octanol–water partition coefficient (Wildman–Crippen LogP) is 3.86. The number of hydrogen-bond acceptors (Lipinski definition) is 3. The van der Waals surface area contributed by atoms with Gasteiger partial charge >= 0.3 is 0 Å². The highest BCUT2D eigenvalue weighted by Crippen LogP contribution is 2.33. The molecule has 0 saturated carbocycles. The molecule has 0 bridgehead atoms. The minimum atomic E-state index is -0.0182. The second kappa shape index (κ2) is 7.19. The molecular formula is C16H24ClNO2. The minimum absolute atomic E-state index is 0.0182. The van der Waals surface area contributed by atoms with E-state index >= 15 is 0 Å². The van der Waals surface area contributed by atoms with Crippen LogP contribution in [0.1, 0.15) is 37.1 Å². The van der Waals surface area contributed by atoms with E-state index in [1.54, 1.807) is 14.2 Å². The molecule has 2 unspecified atom stereocenters. The van der Waals surface area contributed by atoms with E-state index in [0.717, 1.165) is 30.2 Å². The van der Waals surface area contributed by atoms with Gasteiger partial charge in [-0.1, -0.05) is 12.5 Å². The first-order valence-corrected chi connectivity index (χ1v) is 7.69. The summed E-state index contributed by atoms with van der Waals surface area (Å²) in [5, 5.41) is -0.0182. The zero-order chi connectivity index (χ0) is 14.5. The van der Waals surface area contributed by atoms with Gasteiger partial charge in [0.05, 0.1) is 19.6 Å². The third-order valence-electron chi connectivity index (χ3n) is 4.10. The minimum Gasteiger partial charge on any atom is -0.493 e. The zero-order valence-electron chi connectivity index (χ0n) is 12.6. The quantitative estimate of drug-likeness (QED) is 0.770. The molecule has 2 atom stereocenters. The van der Waals surface area contributed by atoms with Crippen LogP contribution in [0.15, 0.2) is 18.2 Å². The van der Waals surface area contributed by atoms with Crippen molar-refractivity contribution in [2.45, 2.75) is 37.6 Å². The molecule has 1 aromatic rings. The second-order valence-corrected chi connectivity index (χ2v) is 5.95. The molecule has 2 rings (SSSR count). The Balaban J connectivity index is 2.06. The maximum absolute atomic E-state index is 6.59. The van der Waals surface area contributed by atoms with Crippen LogP contribution in [0.3, 0.4) is 0 Å². The number of methoxy groups -OCH3 is 2. The van der Waals surface area contributed by atoms with E-state index in [0.29, 0.717) is 6.04 Å². The highest BCUT2D eigenvalue weighted by atomic mass is 35.5. The summed E-state index contributed by atoms with van der Waals surface area (Å²) >= 11 is 6.59. The summed E-state index contributed by atoms with van der Waals surface area (Å²) in [5.74, 6) is 1.48. The molecule has 1 fully saturated rings. The summed E-state index contributed by atoms with van der Waals surface area (Å²) in [4.78, 5) is 2.48. The molecule has 0 amide bonds. The lowest BCUT2D eigenvalue weighted by molar-refractivity contribution is 0.161.